The van der Waals surface area contributed by atoms with Gasteiger partial charge in [0.15, 0.2) is 0 Å². The summed E-state index contributed by atoms with van der Waals surface area (Å²) < 4.78 is 0. The maximum absolute atomic E-state index is 10.6. The summed E-state index contributed by atoms with van der Waals surface area (Å²) in [5.74, 6) is 0.0411. The Morgan fingerprint density at radius 1 is 1.32 bits per heavy atom. The summed E-state index contributed by atoms with van der Waals surface area (Å²) in [4.78, 5) is 0. The highest BCUT2D eigenvalue weighted by Crippen LogP contribution is 2.43. The molecule has 2 nitrogen and oxygen atoms in total. The van der Waals surface area contributed by atoms with Crippen molar-refractivity contribution in [3.05, 3.63) is 42.5 Å². The van der Waals surface area contributed by atoms with Gasteiger partial charge < -0.3 is 10.2 Å². The highest BCUT2D eigenvalue weighted by molar-refractivity contribution is 6.89. The van der Waals surface area contributed by atoms with Crippen LogP contribution in [0.2, 0.25) is 19.1 Å². The van der Waals surface area contributed by atoms with Gasteiger partial charge in [-0.3, -0.25) is 0 Å². The van der Waals surface area contributed by atoms with Crippen molar-refractivity contribution in [2.24, 2.45) is 5.92 Å². The first kappa shape index (κ1) is 14.5. The van der Waals surface area contributed by atoms with Crippen molar-refractivity contribution < 1.29 is 10.2 Å². The number of hydrogen-bond donors (Lipinski definition) is 2. The third-order valence-corrected chi connectivity index (χ3v) is 7.89. The van der Waals surface area contributed by atoms with E-state index in [1.165, 1.54) is 5.19 Å². The SMILES string of the molecule is C=C1CC[C@@](O)(CO)[C@@H]1C[Si](C)(C)c1ccccc1. The Morgan fingerprint density at radius 2 is 1.95 bits per heavy atom. The standard InChI is InChI=1S/C16H24O2Si/c1-13-9-10-16(18,12-17)15(13)11-19(2,3)14-7-5-4-6-8-14/h4-8,15,17-18H,1,9-12H2,2-3H3/t15-,16-/m1/s1. The fraction of sp³-hybridized carbons (Fsp3) is 0.500. The van der Waals surface area contributed by atoms with Crippen LogP contribution < -0.4 is 5.19 Å². The maximum atomic E-state index is 10.6. The Bertz CT molecular complexity index is 455. The van der Waals surface area contributed by atoms with Crippen molar-refractivity contribution in [2.45, 2.75) is 37.6 Å². The lowest BCUT2D eigenvalue weighted by Gasteiger charge is -2.34. The van der Waals surface area contributed by atoms with Crippen molar-refractivity contribution >= 4 is 13.3 Å². The molecule has 3 heteroatoms. The van der Waals surface area contributed by atoms with E-state index >= 15 is 0 Å². The molecular formula is C16H24O2Si. The first-order valence-corrected chi connectivity index (χ1v) is 10.2. The summed E-state index contributed by atoms with van der Waals surface area (Å²) in [6.07, 6.45) is 1.48. The van der Waals surface area contributed by atoms with Gasteiger partial charge in [0.25, 0.3) is 0 Å². The second-order valence-corrected chi connectivity index (χ2v) is 11.2. The van der Waals surface area contributed by atoms with E-state index in [9.17, 15) is 10.2 Å². The molecule has 0 bridgehead atoms. The average molecular weight is 276 g/mol. The molecule has 104 valence electrons. The number of aliphatic hydroxyl groups excluding tert-OH is 1. The van der Waals surface area contributed by atoms with Crippen molar-refractivity contribution in [3.8, 4) is 0 Å². The van der Waals surface area contributed by atoms with Crippen LogP contribution in [0.5, 0.6) is 0 Å². The van der Waals surface area contributed by atoms with Crippen LogP contribution in [0.1, 0.15) is 12.8 Å². The van der Waals surface area contributed by atoms with Gasteiger partial charge in [0.2, 0.25) is 0 Å². The second-order valence-electron chi connectivity index (χ2n) is 6.43. The minimum atomic E-state index is -1.62. The monoisotopic (exact) mass is 276 g/mol. The molecule has 2 rings (SSSR count). The predicted octanol–water partition coefficient (Wildman–Crippen LogP) is 2.29. The molecule has 0 aromatic heterocycles. The molecule has 19 heavy (non-hydrogen) atoms. The largest absolute Gasteiger partial charge is 0.393 e. The Morgan fingerprint density at radius 3 is 2.53 bits per heavy atom. The summed E-state index contributed by atoms with van der Waals surface area (Å²) in [5.41, 5.74) is 0.156. The van der Waals surface area contributed by atoms with Crippen LogP contribution >= 0.6 is 0 Å². The lowest BCUT2D eigenvalue weighted by molar-refractivity contribution is -0.0341. The smallest absolute Gasteiger partial charge is 0.0942 e. The molecule has 1 aliphatic rings. The molecule has 2 N–H and O–H groups in total. The van der Waals surface area contributed by atoms with E-state index in [0.29, 0.717) is 6.42 Å². The maximum Gasteiger partial charge on any atom is 0.0942 e. The summed E-state index contributed by atoms with van der Waals surface area (Å²) in [5, 5.41) is 21.5. The second kappa shape index (κ2) is 5.23. The molecule has 1 saturated carbocycles. The van der Waals surface area contributed by atoms with Crippen LogP contribution in [0.4, 0.5) is 0 Å². The van der Waals surface area contributed by atoms with Gasteiger partial charge in [0, 0.05) is 5.92 Å². The molecule has 0 spiro atoms. The van der Waals surface area contributed by atoms with Gasteiger partial charge >= 0.3 is 0 Å². The number of hydrogen-bond acceptors (Lipinski definition) is 2. The molecule has 0 unspecified atom stereocenters. The zero-order chi connectivity index (χ0) is 14.1. The van der Waals surface area contributed by atoms with E-state index in [4.69, 9.17) is 0 Å². The van der Waals surface area contributed by atoms with E-state index in [1.807, 2.05) is 6.07 Å². The van der Waals surface area contributed by atoms with Gasteiger partial charge in [-0.2, -0.15) is 0 Å². The van der Waals surface area contributed by atoms with Crippen molar-refractivity contribution in [1.82, 2.24) is 0 Å². The Kier molecular flexibility index (Phi) is 3.99. The third-order valence-electron chi connectivity index (χ3n) is 4.56. The summed E-state index contributed by atoms with van der Waals surface area (Å²) in [7, 11) is -1.62. The van der Waals surface area contributed by atoms with Crippen molar-refractivity contribution in [2.75, 3.05) is 6.61 Å². The highest BCUT2D eigenvalue weighted by Gasteiger charge is 2.45. The molecule has 0 radical (unpaired) electrons. The summed E-state index contributed by atoms with van der Waals surface area (Å²) in [6.45, 7) is 8.60. The third kappa shape index (κ3) is 2.83. The molecule has 1 aromatic rings. The minimum absolute atomic E-state index is 0.0411. The molecule has 0 amide bonds. The van der Waals surface area contributed by atoms with Gasteiger partial charge in [0.1, 0.15) is 0 Å². The van der Waals surface area contributed by atoms with E-state index in [1.54, 1.807) is 0 Å². The van der Waals surface area contributed by atoms with Gasteiger partial charge in [-0.1, -0.05) is 60.8 Å². The quantitative estimate of drug-likeness (QED) is 0.654. The van der Waals surface area contributed by atoms with E-state index in [2.05, 4.69) is 43.9 Å². The molecule has 2 atom stereocenters. The Hall–Kier alpha value is -0.903. The highest BCUT2D eigenvalue weighted by atomic mass is 28.3. The Balaban J connectivity index is 2.22. The lowest BCUT2D eigenvalue weighted by atomic mass is 9.92. The lowest BCUT2D eigenvalue weighted by Crippen LogP contribution is -2.48. The first-order chi connectivity index (χ1) is 8.89. The topological polar surface area (TPSA) is 40.5 Å². The van der Waals surface area contributed by atoms with Crippen LogP contribution in [0.3, 0.4) is 0 Å². The van der Waals surface area contributed by atoms with Crippen molar-refractivity contribution in [3.63, 3.8) is 0 Å². The van der Waals surface area contributed by atoms with Gasteiger partial charge in [-0.15, -0.1) is 0 Å². The fourth-order valence-electron chi connectivity index (χ4n) is 3.15. The minimum Gasteiger partial charge on any atom is -0.393 e. The summed E-state index contributed by atoms with van der Waals surface area (Å²) >= 11 is 0. The molecule has 0 aliphatic heterocycles. The zero-order valence-corrected chi connectivity index (χ0v) is 12.9. The molecule has 0 saturated heterocycles. The number of aliphatic hydroxyl groups is 2. The molecule has 1 aromatic carbocycles. The number of rotatable bonds is 4. The molecule has 0 heterocycles. The van der Waals surface area contributed by atoms with E-state index in [-0.39, 0.29) is 12.5 Å². The number of benzene rings is 1. The zero-order valence-electron chi connectivity index (χ0n) is 11.9. The van der Waals surface area contributed by atoms with Gasteiger partial charge in [0.05, 0.1) is 20.3 Å². The molecule has 1 fully saturated rings. The van der Waals surface area contributed by atoms with Crippen LogP contribution in [0.15, 0.2) is 42.5 Å². The van der Waals surface area contributed by atoms with E-state index in [0.717, 1.165) is 18.0 Å². The van der Waals surface area contributed by atoms with E-state index < -0.39 is 13.7 Å². The van der Waals surface area contributed by atoms with Crippen LogP contribution in [-0.4, -0.2) is 30.5 Å². The summed E-state index contributed by atoms with van der Waals surface area (Å²) in [6, 6.07) is 11.5. The molecule has 1 aliphatic carbocycles. The molecular weight excluding hydrogens is 252 g/mol. The Labute approximate surface area is 116 Å². The van der Waals surface area contributed by atoms with Crippen LogP contribution in [0.25, 0.3) is 0 Å². The van der Waals surface area contributed by atoms with Crippen LogP contribution in [0, 0.1) is 5.92 Å². The van der Waals surface area contributed by atoms with Gasteiger partial charge in [-0.25, -0.2) is 0 Å². The predicted molar refractivity (Wildman–Crippen MR) is 82.3 cm³/mol. The average Bonchev–Trinajstić information content (AvgIpc) is 2.69. The first-order valence-electron chi connectivity index (χ1n) is 6.95. The van der Waals surface area contributed by atoms with Crippen LogP contribution in [-0.2, 0) is 0 Å². The van der Waals surface area contributed by atoms with Crippen molar-refractivity contribution in [1.29, 1.82) is 0 Å². The van der Waals surface area contributed by atoms with Gasteiger partial charge in [-0.05, 0) is 18.9 Å². The normalized spacial score (nSPS) is 27.8. The fourth-order valence-corrected chi connectivity index (χ4v) is 6.17.